The Balaban J connectivity index is 2.30. The molecule has 0 radical (unpaired) electrons. The molecule has 1 saturated heterocycles. The molecule has 0 bridgehead atoms. The van der Waals surface area contributed by atoms with Gasteiger partial charge in [-0.1, -0.05) is 0 Å². The molecule has 0 spiro atoms. The van der Waals surface area contributed by atoms with E-state index in [9.17, 15) is 13.2 Å². The lowest BCUT2D eigenvalue weighted by molar-refractivity contribution is -0.142. The van der Waals surface area contributed by atoms with Crippen LogP contribution >= 0.6 is 0 Å². The van der Waals surface area contributed by atoms with Crippen LogP contribution in [0.3, 0.4) is 0 Å². The van der Waals surface area contributed by atoms with E-state index in [1.54, 1.807) is 0 Å². The van der Waals surface area contributed by atoms with Gasteiger partial charge in [-0.25, -0.2) is 0 Å². The van der Waals surface area contributed by atoms with Crippen molar-refractivity contribution in [2.45, 2.75) is 18.6 Å². The summed E-state index contributed by atoms with van der Waals surface area (Å²) >= 11 is 0. The first-order chi connectivity index (χ1) is 6.09. The van der Waals surface area contributed by atoms with E-state index >= 15 is 0 Å². The first-order valence-electron chi connectivity index (χ1n) is 3.93. The lowest BCUT2D eigenvalue weighted by Crippen LogP contribution is -2.35. The van der Waals surface area contributed by atoms with E-state index in [2.05, 4.69) is 10.4 Å². The van der Waals surface area contributed by atoms with Gasteiger partial charge in [0.05, 0.1) is 6.20 Å². The summed E-state index contributed by atoms with van der Waals surface area (Å²) in [5.41, 5.74) is -0.511. The second-order valence-corrected chi connectivity index (χ2v) is 2.99. The molecule has 1 aliphatic heterocycles. The first-order valence-corrected chi connectivity index (χ1v) is 3.93. The van der Waals surface area contributed by atoms with Gasteiger partial charge in [-0.05, 0) is 13.0 Å². The van der Waals surface area contributed by atoms with Crippen LogP contribution in [0.15, 0.2) is 6.20 Å². The van der Waals surface area contributed by atoms with Crippen LogP contribution in [0, 0.1) is 0 Å². The molecule has 1 aromatic rings. The van der Waals surface area contributed by atoms with Crippen LogP contribution in [0.2, 0.25) is 0 Å². The summed E-state index contributed by atoms with van der Waals surface area (Å²) in [6.07, 6.45) is -2.36. The SMILES string of the molecule is FC(F)(F)c1[nH]ncc1C1CCN1. The van der Waals surface area contributed by atoms with E-state index in [0.29, 0.717) is 0 Å². The molecule has 0 aromatic carbocycles. The highest BCUT2D eigenvalue weighted by Crippen LogP contribution is 2.35. The largest absolute Gasteiger partial charge is 0.433 e. The maximum absolute atomic E-state index is 12.3. The lowest BCUT2D eigenvalue weighted by Gasteiger charge is -2.27. The Morgan fingerprint density at radius 1 is 1.46 bits per heavy atom. The zero-order valence-electron chi connectivity index (χ0n) is 6.65. The molecule has 2 N–H and O–H groups in total. The Morgan fingerprint density at radius 3 is 2.62 bits per heavy atom. The molecular formula is C7H8F3N3. The van der Waals surface area contributed by atoms with Crippen molar-refractivity contribution in [3.63, 3.8) is 0 Å². The Kier molecular flexibility index (Phi) is 1.80. The molecule has 1 unspecified atom stereocenters. The molecule has 72 valence electrons. The number of rotatable bonds is 1. The number of halogens is 3. The number of aromatic nitrogens is 2. The number of hydrogen-bond donors (Lipinski definition) is 2. The van der Waals surface area contributed by atoms with Gasteiger partial charge in [0.2, 0.25) is 0 Å². The summed E-state index contributed by atoms with van der Waals surface area (Å²) in [5.74, 6) is 0. The van der Waals surface area contributed by atoms with Crippen LogP contribution in [0.5, 0.6) is 0 Å². The molecule has 13 heavy (non-hydrogen) atoms. The van der Waals surface area contributed by atoms with Gasteiger partial charge >= 0.3 is 6.18 Å². The van der Waals surface area contributed by atoms with Crippen LogP contribution in [-0.2, 0) is 6.18 Å². The minimum absolute atomic E-state index is 0.185. The summed E-state index contributed by atoms with van der Waals surface area (Å²) in [6, 6.07) is -0.185. The second kappa shape index (κ2) is 2.73. The smallest absolute Gasteiger partial charge is 0.310 e. The number of hydrogen-bond acceptors (Lipinski definition) is 2. The summed E-state index contributed by atoms with van der Waals surface area (Å²) in [6.45, 7) is 0.771. The van der Waals surface area contributed by atoms with Gasteiger partial charge in [-0.2, -0.15) is 18.3 Å². The second-order valence-electron chi connectivity index (χ2n) is 2.99. The van der Waals surface area contributed by atoms with Crippen molar-refractivity contribution in [1.82, 2.24) is 15.5 Å². The Labute approximate surface area is 72.3 Å². The maximum Gasteiger partial charge on any atom is 0.433 e. The van der Waals surface area contributed by atoms with Crippen molar-refractivity contribution >= 4 is 0 Å². The summed E-state index contributed by atoms with van der Waals surface area (Å²) in [7, 11) is 0. The monoisotopic (exact) mass is 191 g/mol. The zero-order chi connectivity index (χ0) is 9.47. The van der Waals surface area contributed by atoms with Crippen molar-refractivity contribution in [2.24, 2.45) is 0 Å². The van der Waals surface area contributed by atoms with E-state index in [1.165, 1.54) is 6.20 Å². The Bertz CT molecular complexity index is 300. The molecule has 0 aliphatic carbocycles. The van der Waals surface area contributed by atoms with Gasteiger partial charge in [0.15, 0.2) is 0 Å². The predicted molar refractivity (Wildman–Crippen MR) is 39.0 cm³/mol. The number of nitrogens with zero attached hydrogens (tertiary/aromatic N) is 1. The molecule has 2 heterocycles. The third-order valence-corrected chi connectivity index (χ3v) is 2.15. The summed E-state index contributed by atoms with van der Waals surface area (Å²) < 4.78 is 36.9. The quantitative estimate of drug-likeness (QED) is 0.705. The van der Waals surface area contributed by atoms with Crippen LogP contribution in [0.4, 0.5) is 13.2 Å². The van der Waals surface area contributed by atoms with Gasteiger partial charge in [0, 0.05) is 11.6 Å². The van der Waals surface area contributed by atoms with Gasteiger partial charge in [-0.15, -0.1) is 0 Å². The molecule has 2 rings (SSSR count). The third kappa shape index (κ3) is 1.41. The molecule has 0 saturated carbocycles. The van der Waals surface area contributed by atoms with Gasteiger partial charge < -0.3 is 5.32 Å². The van der Waals surface area contributed by atoms with Gasteiger partial charge in [-0.3, -0.25) is 5.10 Å². The highest BCUT2D eigenvalue weighted by molar-refractivity contribution is 5.24. The van der Waals surface area contributed by atoms with Crippen LogP contribution in [-0.4, -0.2) is 16.7 Å². The third-order valence-electron chi connectivity index (χ3n) is 2.15. The van der Waals surface area contributed by atoms with Crippen molar-refractivity contribution in [2.75, 3.05) is 6.54 Å². The maximum atomic E-state index is 12.3. The minimum Gasteiger partial charge on any atom is -0.310 e. The predicted octanol–water partition coefficient (Wildman–Crippen LogP) is 1.46. The fourth-order valence-corrected chi connectivity index (χ4v) is 1.34. The van der Waals surface area contributed by atoms with Crippen molar-refractivity contribution in [3.8, 4) is 0 Å². The molecule has 1 aliphatic rings. The highest BCUT2D eigenvalue weighted by Gasteiger charge is 2.38. The Hall–Kier alpha value is -1.04. The van der Waals surface area contributed by atoms with Crippen LogP contribution < -0.4 is 5.32 Å². The van der Waals surface area contributed by atoms with Gasteiger partial charge in [0.25, 0.3) is 0 Å². The van der Waals surface area contributed by atoms with Crippen LogP contribution in [0.1, 0.15) is 23.7 Å². The summed E-state index contributed by atoms with van der Waals surface area (Å²) in [4.78, 5) is 0. The van der Waals surface area contributed by atoms with Crippen molar-refractivity contribution in [1.29, 1.82) is 0 Å². The first kappa shape index (κ1) is 8.55. The number of alkyl halides is 3. The van der Waals surface area contributed by atoms with E-state index in [4.69, 9.17) is 0 Å². The molecule has 0 amide bonds. The molecule has 1 fully saturated rings. The molecule has 3 nitrogen and oxygen atoms in total. The fraction of sp³-hybridized carbons (Fsp3) is 0.571. The van der Waals surface area contributed by atoms with E-state index < -0.39 is 11.9 Å². The zero-order valence-corrected chi connectivity index (χ0v) is 6.65. The average Bonchev–Trinajstić information content (AvgIpc) is 2.29. The van der Waals surface area contributed by atoms with E-state index in [1.807, 2.05) is 5.10 Å². The van der Waals surface area contributed by atoms with Gasteiger partial charge in [0.1, 0.15) is 5.69 Å². The molecule has 1 atom stereocenters. The Morgan fingerprint density at radius 2 is 2.15 bits per heavy atom. The number of nitrogens with one attached hydrogen (secondary N) is 2. The molecular weight excluding hydrogens is 183 g/mol. The van der Waals surface area contributed by atoms with Crippen molar-refractivity contribution in [3.05, 3.63) is 17.5 Å². The molecule has 6 heteroatoms. The fourth-order valence-electron chi connectivity index (χ4n) is 1.34. The van der Waals surface area contributed by atoms with Crippen LogP contribution in [0.25, 0.3) is 0 Å². The summed E-state index contributed by atoms with van der Waals surface area (Å²) in [5, 5.41) is 8.29. The van der Waals surface area contributed by atoms with E-state index in [-0.39, 0.29) is 11.6 Å². The number of H-pyrrole nitrogens is 1. The average molecular weight is 191 g/mol. The standard InChI is InChI=1S/C7H8F3N3/c8-7(9,10)6-4(3-12-13-6)5-1-2-11-5/h3,5,11H,1-2H2,(H,12,13). The van der Waals surface area contributed by atoms with Crippen molar-refractivity contribution < 1.29 is 13.2 Å². The minimum atomic E-state index is -4.33. The highest BCUT2D eigenvalue weighted by atomic mass is 19.4. The topological polar surface area (TPSA) is 40.7 Å². The van der Waals surface area contributed by atoms with E-state index in [0.717, 1.165) is 13.0 Å². The number of aromatic amines is 1. The molecule has 1 aromatic heterocycles. The lowest BCUT2D eigenvalue weighted by atomic mass is 9.98. The normalized spacial score (nSPS) is 22.8.